The molecule has 24 heavy (non-hydrogen) atoms. The fourth-order valence-corrected chi connectivity index (χ4v) is 3.26. The van der Waals surface area contributed by atoms with Crippen molar-refractivity contribution in [3.05, 3.63) is 24.2 Å². The molecule has 0 radical (unpaired) electrons. The highest BCUT2D eigenvalue weighted by atomic mass is 16.5. The van der Waals surface area contributed by atoms with Crippen LogP contribution in [0.4, 0.5) is 5.82 Å². The van der Waals surface area contributed by atoms with Crippen LogP contribution in [0, 0.1) is 18.8 Å². The van der Waals surface area contributed by atoms with E-state index in [4.69, 9.17) is 4.52 Å². The molecule has 3 heterocycles. The molecular formula is C17H21N5O2. The zero-order valence-corrected chi connectivity index (χ0v) is 14.0. The van der Waals surface area contributed by atoms with E-state index in [9.17, 15) is 4.79 Å². The normalized spacial score (nSPS) is 23.4. The zero-order chi connectivity index (χ0) is 16.7. The second-order valence-corrected chi connectivity index (χ2v) is 6.65. The maximum absolute atomic E-state index is 12.4. The van der Waals surface area contributed by atoms with E-state index in [1.165, 1.54) is 0 Å². The molecule has 0 N–H and O–H groups in total. The molecule has 1 saturated carbocycles. The molecule has 1 saturated heterocycles. The van der Waals surface area contributed by atoms with Crippen LogP contribution in [0.25, 0.3) is 11.5 Å². The van der Waals surface area contributed by atoms with E-state index in [1.807, 2.05) is 17.0 Å². The van der Waals surface area contributed by atoms with Gasteiger partial charge < -0.3 is 14.3 Å². The van der Waals surface area contributed by atoms with Gasteiger partial charge >= 0.3 is 0 Å². The van der Waals surface area contributed by atoms with Crippen LogP contribution in [0.15, 0.2) is 22.9 Å². The van der Waals surface area contributed by atoms with Gasteiger partial charge in [-0.05, 0) is 31.4 Å². The van der Waals surface area contributed by atoms with Crippen molar-refractivity contribution in [2.45, 2.75) is 20.3 Å². The summed E-state index contributed by atoms with van der Waals surface area (Å²) < 4.78 is 5.30. The smallest absolute Gasteiger partial charge is 0.261 e. The second kappa shape index (κ2) is 5.89. The Morgan fingerprint density at radius 3 is 2.67 bits per heavy atom. The average molecular weight is 327 g/mol. The number of aryl methyl sites for hydroxylation is 1. The van der Waals surface area contributed by atoms with Gasteiger partial charge in [-0.3, -0.25) is 4.79 Å². The molecule has 2 aromatic rings. The summed E-state index contributed by atoms with van der Waals surface area (Å²) in [6, 6.07) is 3.81. The molecule has 2 atom stereocenters. The van der Waals surface area contributed by atoms with E-state index >= 15 is 0 Å². The van der Waals surface area contributed by atoms with E-state index in [1.54, 1.807) is 13.1 Å². The summed E-state index contributed by atoms with van der Waals surface area (Å²) in [6.07, 6.45) is 2.81. The van der Waals surface area contributed by atoms with Crippen LogP contribution in [0.2, 0.25) is 0 Å². The SMILES string of the molecule is Cc1noc(-c2cccnc2N2CCN(C(=O)[C@H]3C[C@H]3C)CC2)n1. The van der Waals surface area contributed by atoms with Crippen molar-refractivity contribution in [3.63, 3.8) is 0 Å². The van der Waals surface area contributed by atoms with Crippen molar-refractivity contribution >= 4 is 11.7 Å². The predicted octanol–water partition coefficient (Wildman–Crippen LogP) is 1.74. The van der Waals surface area contributed by atoms with Crippen molar-refractivity contribution in [1.29, 1.82) is 0 Å². The molecule has 2 fully saturated rings. The summed E-state index contributed by atoms with van der Waals surface area (Å²) in [5.74, 6) is 3.06. The molecule has 7 nitrogen and oxygen atoms in total. The summed E-state index contributed by atoms with van der Waals surface area (Å²) in [7, 11) is 0. The molecule has 2 aliphatic rings. The third-order valence-electron chi connectivity index (χ3n) is 4.86. The third-order valence-corrected chi connectivity index (χ3v) is 4.86. The number of piperazine rings is 1. The van der Waals surface area contributed by atoms with Gasteiger partial charge in [-0.25, -0.2) is 4.98 Å². The standard InChI is InChI=1S/C17H21N5O2/c1-11-10-14(11)17(23)22-8-6-21(7-9-22)15-13(4-3-5-18-15)16-19-12(2)20-24-16/h3-5,11,14H,6-10H2,1-2H3/t11-,14+/m1/s1. The van der Waals surface area contributed by atoms with Crippen LogP contribution < -0.4 is 4.90 Å². The first-order valence-corrected chi connectivity index (χ1v) is 8.43. The van der Waals surface area contributed by atoms with Crippen LogP contribution in [0.5, 0.6) is 0 Å². The van der Waals surface area contributed by atoms with Gasteiger partial charge in [0.1, 0.15) is 5.82 Å². The minimum atomic E-state index is 0.253. The zero-order valence-electron chi connectivity index (χ0n) is 14.0. The first kappa shape index (κ1) is 15.1. The van der Waals surface area contributed by atoms with Gasteiger partial charge in [0.25, 0.3) is 5.89 Å². The molecule has 0 bridgehead atoms. The maximum Gasteiger partial charge on any atom is 0.261 e. The monoisotopic (exact) mass is 327 g/mol. The number of hydrogen-bond acceptors (Lipinski definition) is 6. The second-order valence-electron chi connectivity index (χ2n) is 6.65. The highest BCUT2D eigenvalue weighted by molar-refractivity contribution is 5.82. The lowest BCUT2D eigenvalue weighted by Crippen LogP contribution is -2.49. The van der Waals surface area contributed by atoms with Crippen molar-refractivity contribution in [1.82, 2.24) is 20.0 Å². The van der Waals surface area contributed by atoms with Gasteiger partial charge in [0.2, 0.25) is 5.91 Å². The number of carbonyl (C=O) groups excluding carboxylic acids is 1. The van der Waals surface area contributed by atoms with E-state index in [0.717, 1.165) is 44.0 Å². The topological polar surface area (TPSA) is 75.4 Å². The number of pyridine rings is 1. The van der Waals surface area contributed by atoms with Crippen LogP contribution in [-0.2, 0) is 4.79 Å². The Labute approximate surface area is 140 Å². The van der Waals surface area contributed by atoms with Gasteiger partial charge in [0, 0.05) is 38.3 Å². The van der Waals surface area contributed by atoms with Crippen molar-refractivity contribution in [2.75, 3.05) is 31.1 Å². The maximum atomic E-state index is 12.4. The van der Waals surface area contributed by atoms with Crippen LogP contribution >= 0.6 is 0 Å². The van der Waals surface area contributed by atoms with Gasteiger partial charge in [-0.15, -0.1) is 0 Å². The third kappa shape index (κ3) is 2.74. The number of nitrogens with zero attached hydrogens (tertiary/aromatic N) is 5. The van der Waals surface area contributed by atoms with Gasteiger partial charge in [0.05, 0.1) is 5.56 Å². The molecular weight excluding hydrogens is 306 g/mol. The van der Waals surface area contributed by atoms with Crippen LogP contribution in [-0.4, -0.2) is 52.1 Å². The molecule has 0 aromatic carbocycles. The highest BCUT2D eigenvalue weighted by Gasteiger charge is 2.42. The minimum Gasteiger partial charge on any atom is -0.352 e. The Balaban J connectivity index is 1.49. The predicted molar refractivity (Wildman–Crippen MR) is 88.3 cm³/mol. The quantitative estimate of drug-likeness (QED) is 0.855. The largest absolute Gasteiger partial charge is 0.352 e. The fraction of sp³-hybridized carbons (Fsp3) is 0.529. The molecule has 2 aromatic heterocycles. The van der Waals surface area contributed by atoms with Gasteiger partial charge in [-0.2, -0.15) is 4.98 Å². The molecule has 7 heteroatoms. The molecule has 1 amide bonds. The first-order chi connectivity index (χ1) is 11.6. The average Bonchev–Trinajstić information content (AvgIpc) is 3.19. The van der Waals surface area contributed by atoms with Crippen LogP contribution in [0.3, 0.4) is 0 Å². The number of hydrogen-bond donors (Lipinski definition) is 0. The molecule has 0 unspecified atom stereocenters. The van der Waals surface area contributed by atoms with Gasteiger partial charge in [-0.1, -0.05) is 12.1 Å². The number of rotatable bonds is 3. The first-order valence-electron chi connectivity index (χ1n) is 8.43. The van der Waals surface area contributed by atoms with E-state index in [2.05, 4.69) is 26.9 Å². The Morgan fingerprint density at radius 1 is 1.29 bits per heavy atom. The highest BCUT2D eigenvalue weighted by Crippen LogP contribution is 2.39. The Bertz CT molecular complexity index is 751. The van der Waals surface area contributed by atoms with E-state index in [0.29, 0.717) is 23.5 Å². The summed E-state index contributed by atoms with van der Waals surface area (Å²) in [4.78, 5) is 25.4. The van der Waals surface area contributed by atoms with Crippen LogP contribution in [0.1, 0.15) is 19.2 Å². The minimum absolute atomic E-state index is 0.253. The summed E-state index contributed by atoms with van der Waals surface area (Å²) in [5.41, 5.74) is 0.841. The van der Waals surface area contributed by atoms with E-state index in [-0.39, 0.29) is 5.92 Å². The fourth-order valence-electron chi connectivity index (χ4n) is 3.26. The molecule has 1 aliphatic carbocycles. The Hall–Kier alpha value is -2.44. The van der Waals surface area contributed by atoms with E-state index < -0.39 is 0 Å². The summed E-state index contributed by atoms with van der Waals surface area (Å²) in [5, 5.41) is 3.86. The number of anilines is 1. The number of aromatic nitrogens is 3. The molecule has 0 spiro atoms. The lowest BCUT2D eigenvalue weighted by Gasteiger charge is -2.36. The Kier molecular flexibility index (Phi) is 3.70. The lowest BCUT2D eigenvalue weighted by atomic mass is 10.2. The number of amides is 1. The van der Waals surface area contributed by atoms with Crippen molar-refractivity contribution in [3.8, 4) is 11.5 Å². The number of carbonyl (C=O) groups is 1. The Morgan fingerprint density at radius 2 is 2.04 bits per heavy atom. The van der Waals surface area contributed by atoms with Gasteiger partial charge in [0.15, 0.2) is 5.82 Å². The summed E-state index contributed by atoms with van der Waals surface area (Å²) in [6.45, 7) is 6.95. The lowest BCUT2D eigenvalue weighted by molar-refractivity contribution is -0.133. The van der Waals surface area contributed by atoms with Crippen molar-refractivity contribution in [2.24, 2.45) is 11.8 Å². The molecule has 126 valence electrons. The molecule has 4 rings (SSSR count). The van der Waals surface area contributed by atoms with Crippen molar-refractivity contribution < 1.29 is 9.32 Å². The molecule has 1 aliphatic heterocycles. The summed E-state index contributed by atoms with van der Waals surface area (Å²) >= 11 is 0.